The van der Waals surface area contributed by atoms with Gasteiger partial charge in [0.2, 0.25) is 0 Å². The van der Waals surface area contributed by atoms with Crippen molar-refractivity contribution in [1.82, 2.24) is 4.98 Å². The van der Waals surface area contributed by atoms with Crippen LogP contribution in [0.25, 0.3) is 11.3 Å². The summed E-state index contributed by atoms with van der Waals surface area (Å²) in [4.78, 5) is 16.1. The first-order valence-corrected chi connectivity index (χ1v) is 8.66. The molecule has 0 amide bonds. The third-order valence-corrected chi connectivity index (χ3v) is 4.07. The van der Waals surface area contributed by atoms with Gasteiger partial charge in [0.15, 0.2) is 23.1 Å². The molecule has 0 fully saturated rings. The van der Waals surface area contributed by atoms with E-state index in [4.69, 9.17) is 18.6 Å². The number of ether oxygens (including phenoxy) is 3. The van der Waals surface area contributed by atoms with Crippen molar-refractivity contribution < 1.29 is 27.8 Å². The van der Waals surface area contributed by atoms with Gasteiger partial charge < -0.3 is 18.6 Å². The summed E-state index contributed by atoms with van der Waals surface area (Å²) in [6.07, 6.45) is 2.00. The van der Waals surface area contributed by atoms with E-state index in [1.807, 2.05) is 0 Å². The number of oxazole rings is 1. The molecule has 0 N–H and O–H groups in total. The van der Waals surface area contributed by atoms with Crippen LogP contribution in [0.3, 0.4) is 0 Å². The maximum Gasteiger partial charge on any atom is 0.306 e. The molecule has 0 aliphatic heterocycles. The third-order valence-electron chi connectivity index (χ3n) is 4.07. The summed E-state index contributed by atoms with van der Waals surface area (Å²) in [5.41, 5.74) is 1.51. The Bertz CT molecular complexity index is 936. The summed E-state index contributed by atoms with van der Waals surface area (Å²) in [6, 6.07) is 11.2. The molecule has 146 valence electrons. The van der Waals surface area contributed by atoms with Gasteiger partial charge >= 0.3 is 5.97 Å². The zero-order valence-corrected chi connectivity index (χ0v) is 15.6. The SMILES string of the molecule is COc1ccc(COC(=O)CCc2ncc(-c3ccc(F)cc3)o2)cc1OC. The number of halogens is 1. The molecule has 0 unspecified atom stereocenters. The van der Waals surface area contributed by atoms with Crippen LogP contribution in [0.5, 0.6) is 11.5 Å². The molecule has 0 aliphatic rings. The summed E-state index contributed by atoms with van der Waals surface area (Å²) < 4.78 is 34.3. The van der Waals surface area contributed by atoms with E-state index in [-0.39, 0.29) is 24.8 Å². The quantitative estimate of drug-likeness (QED) is 0.542. The fourth-order valence-electron chi connectivity index (χ4n) is 2.59. The van der Waals surface area contributed by atoms with E-state index in [2.05, 4.69) is 4.98 Å². The zero-order chi connectivity index (χ0) is 19.9. The monoisotopic (exact) mass is 385 g/mol. The standard InChI is InChI=1S/C21H20FNO5/c1-25-17-8-3-14(11-18(17)26-2)13-27-21(24)10-9-20-23-12-19(28-20)15-4-6-16(22)7-5-15/h3-8,11-12H,9-10,13H2,1-2H3. The molecule has 0 spiro atoms. The Hall–Kier alpha value is -3.35. The Morgan fingerprint density at radius 2 is 1.82 bits per heavy atom. The first-order valence-electron chi connectivity index (χ1n) is 8.66. The van der Waals surface area contributed by atoms with Gasteiger partial charge in [-0.3, -0.25) is 4.79 Å². The highest BCUT2D eigenvalue weighted by atomic mass is 19.1. The van der Waals surface area contributed by atoms with Gasteiger partial charge in [0.25, 0.3) is 0 Å². The number of hydrogen-bond donors (Lipinski definition) is 0. The molecular weight excluding hydrogens is 365 g/mol. The van der Waals surface area contributed by atoms with E-state index in [1.54, 1.807) is 50.7 Å². The molecule has 0 saturated carbocycles. The lowest BCUT2D eigenvalue weighted by Gasteiger charge is -2.10. The number of aryl methyl sites for hydroxylation is 1. The van der Waals surface area contributed by atoms with Gasteiger partial charge in [0.1, 0.15) is 12.4 Å². The fourth-order valence-corrected chi connectivity index (χ4v) is 2.59. The van der Waals surface area contributed by atoms with Crippen LogP contribution in [-0.2, 0) is 22.6 Å². The van der Waals surface area contributed by atoms with Gasteiger partial charge in [-0.2, -0.15) is 0 Å². The van der Waals surface area contributed by atoms with Gasteiger partial charge in [-0.05, 0) is 42.0 Å². The molecule has 7 heteroatoms. The zero-order valence-electron chi connectivity index (χ0n) is 15.6. The van der Waals surface area contributed by atoms with E-state index < -0.39 is 0 Å². The largest absolute Gasteiger partial charge is 0.493 e. The van der Waals surface area contributed by atoms with E-state index >= 15 is 0 Å². The van der Waals surface area contributed by atoms with Crippen LogP contribution in [0.2, 0.25) is 0 Å². The molecule has 0 aliphatic carbocycles. The molecule has 6 nitrogen and oxygen atoms in total. The fraction of sp³-hybridized carbons (Fsp3) is 0.238. The van der Waals surface area contributed by atoms with Crippen molar-refractivity contribution in [3.8, 4) is 22.8 Å². The van der Waals surface area contributed by atoms with Crippen LogP contribution in [0.4, 0.5) is 4.39 Å². The lowest BCUT2D eigenvalue weighted by atomic mass is 10.2. The Balaban J connectivity index is 1.50. The normalized spacial score (nSPS) is 10.5. The van der Waals surface area contributed by atoms with Crippen LogP contribution < -0.4 is 9.47 Å². The second kappa shape index (κ2) is 9.03. The van der Waals surface area contributed by atoms with Crippen LogP contribution in [-0.4, -0.2) is 25.2 Å². The van der Waals surface area contributed by atoms with E-state index in [9.17, 15) is 9.18 Å². The number of rotatable bonds is 8. The Morgan fingerprint density at radius 1 is 1.07 bits per heavy atom. The van der Waals surface area contributed by atoms with Crippen LogP contribution in [0.15, 0.2) is 53.1 Å². The van der Waals surface area contributed by atoms with Crippen LogP contribution in [0, 0.1) is 5.82 Å². The first-order chi connectivity index (χ1) is 13.6. The number of hydrogen-bond acceptors (Lipinski definition) is 6. The molecule has 2 aromatic carbocycles. The van der Waals surface area contributed by atoms with Crippen molar-refractivity contribution in [2.24, 2.45) is 0 Å². The predicted octanol–water partition coefficient (Wildman–Crippen LogP) is 4.17. The van der Waals surface area contributed by atoms with Crippen molar-refractivity contribution in [1.29, 1.82) is 0 Å². The number of carbonyl (C=O) groups is 1. The highest BCUT2D eigenvalue weighted by molar-refractivity contribution is 5.69. The maximum atomic E-state index is 13.0. The van der Waals surface area contributed by atoms with Gasteiger partial charge in [-0.15, -0.1) is 0 Å². The van der Waals surface area contributed by atoms with Crippen LogP contribution >= 0.6 is 0 Å². The number of methoxy groups -OCH3 is 2. The Labute approximate surface area is 161 Å². The molecule has 1 aromatic heterocycles. The number of benzene rings is 2. The maximum absolute atomic E-state index is 13.0. The number of nitrogens with zero attached hydrogens (tertiary/aromatic N) is 1. The van der Waals surface area contributed by atoms with E-state index in [0.29, 0.717) is 29.6 Å². The first kappa shape index (κ1) is 19.4. The third kappa shape index (κ3) is 4.88. The highest BCUT2D eigenvalue weighted by Gasteiger charge is 2.11. The topological polar surface area (TPSA) is 70.8 Å². The molecule has 28 heavy (non-hydrogen) atoms. The smallest absolute Gasteiger partial charge is 0.306 e. The average molecular weight is 385 g/mol. The predicted molar refractivity (Wildman–Crippen MR) is 99.6 cm³/mol. The lowest BCUT2D eigenvalue weighted by molar-refractivity contribution is -0.145. The van der Waals surface area contributed by atoms with E-state index in [0.717, 1.165) is 11.1 Å². The highest BCUT2D eigenvalue weighted by Crippen LogP contribution is 2.28. The number of aromatic nitrogens is 1. The van der Waals surface area contributed by atoms with Gasteiger partial charge in [0.05, 0.1) is 26.8 Å². The number of carbonyl (C=O) groups excluding carboxylic acids is 1. The second-order valence-corrected chi connectivity index (χ2v) is 5.98. The number of esters is 1. The lowest BCUT2D eigenvalue weighted by Crippen LogP contribution is -2.06. The second-order valence-electron chi connectivity index (χ2n) is 5.98. The summed E-state index contributed by atoms with van der Waals surface area (Å²) in [5.74, 6) is 1.44. The van der Waals surface area contributed by atoms with Crippen molar-refractivity contribution in [2.45, 2.75) is 19.4 Å². The minimum absolute atomic E-state index is 0.131. The van der Waals surface area contributed by atoms with Crippen molar-refractivity contribution in [3.63, 3.8) is 0 Å². The summed E-state index contributed by atoms with van der Waals surface area (Å²) in [7, 11) is 3.10. The van der Waals surface area contributed by atoms with Gasteiger partial charge in [0, 0.05) is 12.0 Å². The average Bonchev–Trinajstić information content (AvgIpc) is 3.20. The minimum Gasteiger partial charge on any atom is -0.493 e. The molecule has 0 bridgehead atoms. The minimum atomic E-state index is -0.365. The molecule has 0 saturated heterocycles. The molecule has 0 radical (unpaired) electrons. The Kier molecular flexibility index (Phi) is 6.26. The Morgan fingerprint density at radius 3 is 2.54 bits per heavy atom. The van der Waals surface area contributed by atoms with E-state index in [1.165, 1.54) is 12.1 Å². The van der Waals surface area contributed by atoms with Crippen molar-refractivity contribution in [3.05, 3.63) is 65.9 Å². The molecular formula is C21H20FNO5. The van der Waals surface area contributed by atoms with Gasteiger partial charge in [-0.1, -0.05) is 6.07 Å². The van der Waals surface area contributed by atoms with Crippen molar-refractivity contribution >= 4 is 5.97 Å². The van der Waals surface area contributed by atoms with Crippen molar-refractivity contribution in [2.75, 3.05) is 14.2 Å². The summed E-state index contributed by atoms with van der Waals surface area (Å²) in [5, 5.41) is 0. The molecule has 3 rings (SSSR count). The van der Waals surface area contributed by atoms with Crippen LogP contribution in [0.1, 0.15) is 17.9 Å². The summed E-state index contributed by atoms with van der Waals surface area (Å²) >= 11 is 0. The molecule has 3 aromatic rings. The van der Waals surface area contributed by atoms with Gasteiger partial charge in [-0.25, -0.2) is 9.37 Å². The summed E-state index contributed by atoms with van der Waals surface area (Å²) in [6.45, 7) is 0.131. The molecule has 1 heterocycles. The molecule has 0 atom stereocenters.